The molecule has 104 valence electrons. The molecule has 1 saturated heterocycles. The maximum absolute atomic E-state index is 11.1. The molecule has 0 aromatic carbocycles. The second kappa shape index (κ2) is 4.61. The van der Waals surface area contributed by atoms with Crippen molar-refractivity contribution in [1.29, 1.82) is 0 Å². The van der Waals surface area contributed by atoms with Crippen molar-refractivity contribution in [1.82, 2.24) is 9.97 Å². The van der Waals surface area contributed by atoms with Crippen molar-refractivity contribution in [3.8, 4) is 0 Å². The number of nitro groups is 1. The van der Waals surface area contributed by atoms with Gasteiger partial charge in [0.15, 0.2) is 0 Å². The fraction of sp³-hybridized carbons (Fsp3) is 0.636. The molecule has 8 heteroatoms. The molecule has 1 aliphatic rings. The molecule has 0 radical (unpaired) electrons. The van der Waals surface area contributed by atoms with Crippen LogP contribution in [-0.4, -0.2) is 38.7 Å². The zero-order valence-corrected chi connectivity index (χ0v) is 11.0. The molecule has 0 amide bonds. The fourth-order valence-corrected chi connectivity index (χ4v) is 2.21. The van der Waals surface area contributed by atoms with E-state index in [1.165, 1.54) is 0 Å². The summed E-state index contributed by atoms with van der Waals surface area (Å²) in [4.78, 5) is 20.2. The smallest absolute Gasteiger partial charge is 0.332 e. The number of aromatic nitrogens is 2. The maximum atomic E-state index is 11.1. The van der Waals surface area contributed by atoms with Gasteiger partial charge in [0.2, 0.25) is 11.8 Å². The summed E-state index contributed by atoms with van der Waals surface area (Å²) in [6, 6.07) is 0. The Balaban J connectivity index is 2.37. The molecule has 1 aromatic heterocycles. The number of nitrogen functional groups attached to an aromatic ring is 1. The van der Waals surface area contributed by atoms with Gasteiger partial charge in [-0.1, -0.05) is 0 Å². The molecule has 8 nitrogen and oxygen atoms in total. The molecule has 1 aliphatic heterocycles. The maximum Gasteiger partial charge on any atom is 0.332 e. The Kier molecular flexibility index (Phi) is 3.27. The van der Waals surface area contributed by atoms with E-state index in [9.17, 15) is 15.2 Å². The van der Waals surface area contributed by atoms with Crippen LogP contribution in [-0.2, 0) is 0 Å². The minimum absolute atomic E-state index is 0.0235. The normalized spacial score (nSPS) is 18.4. The van der Waals surface area contributed by atoms with Crippen molar-refractivity contribution in [3.63, 3.8) is 0 Å². The first-order valence-corrected chi connectivity index (χ1v) is 6.06. The van der Waals surface area contributed by atoms with Crippen LogP contribution in [0.1, 0.15) is 25.5 Å². The van der Waals surface area contributed by atoms with Crippen molar-refractivity contribution in [2.75, 3.05) is 23.7 Å². The topological polar surface area (TPSA) is 118 Å². The number of aliphatic hydroxyl groups is 1. The van der Waals surface area contributed by atoms with Gasteiger partial charge in [0.25, 0.3) is 0 Å². The molecule has 0 unspecified atom stereocenters. The molecule has 2 rings (SSSR count). The van der Waals surface area contributed by atoms with E-state index in [2.05, 4.69) is 9.97 Å². The van der Waals surface area contributed by atoms with Crippen LogP contribution in [0.5, 0.6) is 0 Å². The van der Waals surface area contributed by atoms with E-state index in [1.54, 1.807) is 18.7 Å². The minimum Gasteiger partial charge on any atom is -0.390 e. The van der Waals surface area contributed by atoms with Crippen LogP contribution < -0.4 is 10.6 Å². The fourth-order valence-electron chi connectivity index (χ4n) is 2.21. The van der Waals surface area contributed by atoms with E-state index in [1.807, 2.05) is 0 Å². The van der Waals surface area contributed by atoms with Gasteiger partial charge in [-0.3, -0.25) is 10.1 Å². The molecule has 2 heterocycles. The Labute approximate surface area is 110 Å². The Morgan fingerprint density at radius 1 is 1.42 bits per heavy atom. The molecular formula is C11H17N5O3. The molecule has 0 saturated carbocycles. The molecule has 19 heavy (non-hydrogen) atoms. The van der Waals surface area contributed by atoms with Crippen molar-refractivity contribution in [2.45, 2.75) is 32.3 Å². The van der Waals surface area contributed by atoms with Crippen LogP contribution in [0.3, 0.4) is 0 Å². The number of rotatable bonds is 2. The second-order valence-electron chi connectivity index (χ2n) is 5.08. The number of nitrogens with two attached hydrogens (primary N) is 1. The Hall–Kier alpha value is -1.96. The van der Waals surface area contributed by atoms with Gasteiger partial charge in [-0.05, 0) is 26.7 Å². The lowest BCUT2D eigenvalue weighted by Crippen LogP contribution is -2.43. The third-order valence-electron chi connectivity index (χ3n) is 3.38. The van der Waals surface area contributed by atoms with Crippen LogP contribution in [0, 0.1) is 17.0 Å². The van der Waals surface area contributed by atoms with E-state index >= 15 is 0 Å². The molecule has 0 aliphatic carbocycles. The monoisotopic (exact) mass is 267 g/mol. The standard InChI is InChI=1S/C11H17N5O3/c1-7-8(16(18)19)9(14-10(12)13-7)15-5-3-11(2,17)4-6-15/h17H,3-6H2,1-2H3,(H2,12,13,14). The molecule has 0 bridgehead atoms. The molecular weight excluding hydrogens is 250 g/mol. The van der Waals surface area contributed by atoms with Crippen molar-refractivity contribution < 1.29 is 10.0 Å². The molecule has 3 N–H and O–H groups in total. The van der Waals surface area contributed by atoms with Gasteiger partial charge in [-0.15, -0.1) is 0 Å². The lowest BCUT2D eigenvalue weighted by atomic mass is 9.94. The second-order valence-corrected chi connectivity index (χ2v) is 5.08. The van der Waals surface area contributed by atoms with Crippen LogP contribution in [0.4, 0.5) is 17.5 Å². The van der Waals surface area contributed by atoms with Gasteiger partial charge in [-0.2, -0.15) is 4.98 Å². The number of aryl methyl sites for hydroxylation is 1. The van der Waals surface area contributed by atoms with Gasteiger partial charge in [0.05, 0.1) is 10.5 Å². The summed E-state index contributed by atoms with van der Waals surface area (Å²) in [5.74, 6) is 0.265. The van der Waals surface area contributed by atoms with Gasteiger partial charge in [-0.25, -0.2) is 4.98 Å². The van der Waals surface area contributed by atoms with Crippen LogP contribution in [0.25, 0.3) is 0 Å². The summed E-state index contributed by atoms with van der Waals surface area (Å²) < 4.78 is 0. The molecule has 0 atom stereocenters. The zero-order valence-electron chi connectivity index (χ0n) is 11.0. The van der Waals surface area contributed by atoms with E-state index in [0.29, 0.717) is 25.9 Å². The van der Waals surface area contributed by atoms with E-state index < -0.39 is 10.5 Å². The highest BCUT2D eigenvalue weighted by Gasteiger charge is 2.32. The van der Waals surface area contributed by atoms with Gasteiger partial charge in [0.1, 0.15) is 5.69 Å². The minimum atomic E-state index is -0.723. The first-order valence-electron chi connectivity index (χ1n) is 6.06. The SMILES string of the molecule is Cc1nc(N)nc(N2CCC(C)(O)CC2)c1[N+](=O)[O-]. The Morgan fingerprint density at radius 2 is 2.00 bits per heavy atom. The highest BCUT2D eigenvalue weighted by Crippen LogP contribution is 2.32. The summed E-state index contributed by atoms with van der Waals surface area (Å²) in [5.41, 5.74) is 4.98. The third-order valence-corrected chi connectivity index (χ3v) is 3.38. The van der Waals surface area contributed by atoms with Crippen LogP contribution in [0.15, 0.2) is 0 Å². The van der Waals surface area contributed by atoms with Crippen molar-refractivity contribution >= 4 is 17.5 Å². The highest BCUT2D eigenvalue weighted by atomic mass is 16.6. The van der Waals surface area contributed by atoms with Gasteiger partial charge >= 0.3 is 5.69 Å². The summed E-state index contributed by atoms with van der Waals surface area (Å²) in [7, 11) is 0. The van der Waals surface area contributed by atoms with E-state index in [-0.39, 0.29) is 23.1 Å². The summed E-state index contributed by atoms with van der Waals surface area (Å²) in [6.07, 6.45) is 1.07. The zero-order chi connectivity index (χ0) is 14.2. The number of piperidine rings is 1. The Morgan fingerprint density at radius 3 is 2.53 bits per heavy atom. The number of nitrogens with zero attached hydrogens (tertiary/aromatic N) is 4. The lowest BCUT2D eigenvalue weighted by Gasteiger charge is -2.36. The average Bonchev–Trinajstić information content (AvgIpc) is 2.26. The van der Waals surface area contributed by atoms with E-state index in [0.717, 1.165) is 0 Å². The van der Waals surface area contributed by atoms with Crippen molar-refractivity contribution in [2.24, 2.45) is 0 Å². The van der Waals surface area contributed by atoms with Crippen molar-refractivity contribution in [3.05, 3.63) is 15.8 Å². The largest absolute Gasteiger partial charge is 0.390 e. The summed E-state index contributed by atoms with van der Waals surface area (Å²) in [6.45, 7) is 4.31. The van der Waals surface area contributed by atoms with Gasteiger partial charge < -0.3 is 15.7 Å². The predicted octanol–water partition coefficient (Wildman–Crippen LogP) is 0.627. The summed E-state index contributed by atoms with van der Waals surface area (Å²) in [5, 5.41) is 21.0. The Bertz CT molecular complexity index is 507. The number of hydrogen-bond acceptors (Lipinski definition) is 7. The molecule has 0 spiro atoms. The first-order chi connectivity index (χ1) is 8.80. The molecule has 1 fully saturated rings. The number of hydrogen-bond donors (Lipinski definition) is 2. The first kappa shape index (κ1) is 13.5. The average molecular weight is 267 g/mol. The molecule has 1 aromatic rings. The van der Waals surface area contributed by atoms with E-state index in [4.69, 9.17) is 5.73 Å². The van der Waals surface area contributed by atoms with Gasteiger partial charge in [0, 0.05) is 13.1 Å². The summed E-state index contributed by atoms with van der Waals surface area (Å²) >= 11 is 0. The number of anilines is 2. The predicted molar refractivity (Wildman–Crippen MR) is 69.9 cm³/mol. The third kappa shape index (κ3) is 2.73. The van der Waals surface area contributed by atoms with Crippen LogP contribution >= 0.6 is 0 Å². The highest BCUT2D eigenvalue weighted by molar-refractivity contribution is 5.62. The quantitative estimate of drug-likeness (QED) is 0.595. The lowest BCUT2D eigenvalue weighted by molar-refractivity contribution is -0.385. The van der Waals surface area contributed by atoms with Crippen LogP contribution in [0.2, 0.25) is 0 Å².